The van der Waals surface area contributed by atoms with Gasteiger partial charge in [0.2, 0.25) is 0 Å². The maximum absolute atomic E-state index is 14.1. The van der Waals surface area contributed by atoms with E-state index >= 15 is 0 Å². The van der Waals surface area contributed by atoms with Crippen molar-refractivity contribution < 1.29 is 23.4 Å². The van der Waals surface area contributed by atoms with Crippen molar-refractivity contribution in [2.45, 2.75) is 6.54 Å². The fourth-order valence-electron chi connectivity index (χ4n) is 2.93. The second kappa shape index (κ2) is 9.52. The van der Waals surface area contributed by atoms with Crippen molar-refractivity contribution in [3.8, 4) is 11.5 Å². The molecular formula is C23H18FN3O4S. The molecule has 0 radical (unpaired) electrons. The highest BCUT2D eigenvalue weighted by molar-refractivity contribution is 8.18. The number of phenols is 1. The summed E-state index contributed by atoms with van der Waals surface area (Å²) >= 11 is 1.10. The summed E-state index contributed by atoms with van der Waals surface area (Å²) in [5.41, 5.74) is 0.959. The molecule has 0 spiro atoms. The first kappa shape index (κ1) is 21.4. The Kier molecular flexibility index (Phi) is 6.37. The molecular weight excluding hydrogens is 433 g/mol. The number of amides is 1. The minimum atomic E-state index is -0.421. The lowest BCUT2D eigenvalue weighted by Gasteiger charge is -2.12. The van der Waals surface area contributed by atoms with Gasteiger partial charge in [0.1, 0.15) is 11.6 Å². The van der Waals surface area contributed by atoms with Crippen LogP contribution in [0, 0.1) is 5.82 Å². The van der Waals surface area contributed by atoms with E-state index in [0.29, 0.717) is 32.7 Å². The van der Waals surface area contributed by atoms with E-state index < -0.39 is 5.82 Å². The molecule has 0 saturated carbocycles. The van der Waals surface area contributed by atoms with Crippen LogP contribution in [0.5, 0.6) is 11.5 Å². The van der Waals surface area contributed by atoms with Gasteiger partial charge in [0, 0.05) is 5.56 Å². The molecule has 1 aliphatic heterocycles. The Morgan fingerprint density at radius 1 is 1.22 bits per heavy atom. The lowest BCUT2D eigenvalue weighted by molar-refractivity contribution is -0.122. The van der Waals surface area contributed by atoms with Crippen LogP contribution >= 0.6 is 11.8 Å². The zero-order valence-electron chi connectivity index (χ0n) is 16.9. The van der Waals surface area contributed by atoms with Gasteiger partial charge < -0.3 is 14.3 Å². The van der Waals surface area contributed by atoms with Crippen LogP contribution in [0.4, 0.5) is 4.39 Å². The SMILES string of the molecule is COc1cc(/C=N/N=C2\S/C(=C\c3ccccc3F)C(=O)N2Cc2ccco2)ccc1O. The zero-order valence-corrected chi connectivity index (χ0v) is 17.8. The molecule has 162 valence electrons. The quantitative estimate of drug-likeness (QED) is 0.335. The Balaban J connectivity index is 1.63. The topological polar surface area (TPSA) is 87.6 Å². The smallest absolute Gasteiger partial charge is 0.267 e. The third-order valence-electron chi connectivity index (χ3n) is 4.53. The van der Waals surface area contributed by atoms with Gasteiger partial charge in [0.15, 0.2) is 16.7 Å². The molecule has 2 heterocycles. The van der Waals surface area contributed by atoms with Crippen LogP contribution in [0.1, 0.15) is 16.9 Å². The van der Waals surface area contributed by atoms with Crippen molar-refractivity contribution in [3.63, 3.8) is 0 Å². The number of halogens is 1. The van der Waals surface area contributed by atoms with Gasteiger partial charge in [-0.3, -0.25) is 9.69 Å². The largest absolute Gasteiger partial charge is 0.504 e. The molecule has 1 fully saturated rings. The van der Waals surface area contributed by atoms with Crippen LogP contribution in [0.25, 0.3) is 6.08 Å². The second-order valence-electron chi connectivity index (χ2n) is 6.66. The van der Waals surface area contributed by atoms with Crippen molar-refractivity contribution in [1.82, 2.24) is 4.90 Å². The average Bonchev–Trinajstić information content (AvgIpc) is 3.41. The number of rotatable bonds is 6. The minimum Gasteiger partial charge on any atom is -0.504 e. The number of methoxy groups -OCH3 is 1. The summed E-state index contributed by atoms with van der Waals surface area (Å²) in [4.78, 5) is 14.8. The Labute approximate surface area is 187 Å². The monoisotopic (exact) mass is 451 g/mol. The molecule has 32 heavy (non-hydrogen) atoms. The zero-order chi connectivity index (χ0) is 22.5. The van der Waals surface area contributed by atoms with Gasteiger partial charge in [-0.2, -0.15) is 5.10 Å². The fourth-order valence-corrected chi connectivity index (χ4v) is 3.86. The number of ether oxygens (including phenoxy) is 1. The lowest BCUT2D eigenvalue weighted by Crippen LogP contribution is -2.28. The van der Waals surface area contributed by atoms with E-state index in [9.17, 15) is 14.3 Å². The Bertz CT molecular complexity index is 1220. The third-order valence-corrected chi connectivity index (χ3v) is 5.52. The van der Waals surface area contributed by atoms with Crippen LogP contribution in [0.3, 0.4) is 0 Å². The molecule has 1 aliphatic rings. The third kappa shape index (κ3) is 4.73. The molecule has 0 unspecified atom stereocenters. The number of benzene rings is 2. The molecule has 3 aromatic rings. The number of furan rings is 1. The Hall–Kier alpha value is -3.85. The van der Waals surface area contributed by atoms with E-state index in [-0.39, 0.29) is 18.2 Å². The van der Waals surface area contributed by atoms with E-state index in [2.05, 4.69) is 10.2 Å². The summed E-state index contributed by atoms with van der Waals surface area (Å²) in [6.45, 7) is 0.162. The van der Waals surface area contributed by atoms with E-state index in [1.54, 1.807) is 42.5 Å². The number of aromatic hydroxyl groups is 1. The minimum absolute atomic E-state index is 0.0143. The highest BCUT2D eigenvalue weighted by atomic mass is 32.2. The molecule has 0 atom stereocenters. The molecule has 0 bridgehead atoms. The maximum atomic E-state index is 14.1. The van der Waals surface area contributed by atoms with E-state index in [4.69, 9.17) is 9.15 Å². The molecule has 1 N–H and O–H groups in total. The number of amidine groups is 1. The van der Waals surface area contributed by atoms with Crippen molar-refractivity contribution in [2.75, 3.05) is 7.11 Å². The van der Waals surface area contributed by atoms with E-state index in [1.807, 2.05) is 0 Å². The van der Waals surface area contributed by atoms with Gasteiger partial charge in [0.25, 0.3) is 5.91 Å². The number of nitrogens with zero attached hydrogens (tertiary/aromatic N) is 3. The number of hydrogen-bond donors (Lipinski definition) is 1. The highest BCUT2D eigenvalue weighted by Gasteiger charge is 2.34. The number of hydrogen-bond acceptors (Lipinski definition) is 7. The normalized spacial score (nSPS) is 16.6. The summed E-state index contributed by atoms with van der Waals surface area (Å²) < 4.78 is 24.5. The van der Waals surface area contributed by atoms with Crippen molar-refractivity contribution in [2.24, 2.45) is 10.2 Å². The first-order valence-electron chi connectivity index (χ1n) is 9.51. The molecule has 1 saturated heterocycles. The molecule has 7 nitrogen and oxygen atoms in total. The standard InChI is InChI=1S/C23H18FN3O4S/c1-30-20-11-15(8-9-19(20)28)13-25-26-23-27(14-17-6-4-10-31-17)22(29)21(32-23)12-16-5-2-3-7-18(16)24/h2-13,28H,14H2,1H3/b21-12-,25-13+,26-23-. The van der Waals surface area contributed by atoms with Gasteiger partial charge >= 0.3 is 0 Å². The van der Waals surface area contributed by atoms with Crippen molar-refractivity contribution in [3.05, 3.63) is 88.5 Å². The number of thioether (sulfide) groups is 1. The second-order valence-corrected chi connectivity index (χ2v) is 7.67. The van der Waals surface area contributed by atoms with Gasteiger partial charge in [-0.15, -0.1) is 5.10 Å². The number of carbonyl (C=O) groups is 1. The molecule has 9 heteroatoms. The summed E-state index contributed by atoms with van der Waals surface area (Å²) in [6.07, 6.45) is 4.49. The molecule has 4 rings (SSSR count). The van der Waals surface area contributed by atoms with Crippen molar-refractivity contribution >= 4 is 35.1 Å². The summed E-state index contributed by atoms with van der Waals surface area (Å²) in [5, 5.41) is 18.3. The molecule has 1 amide bonds. The summed E-state index contributed by atoms with van der Waals surface area (Å²) in [5.74, 6) is 0.152. The van der Waals surface area contributed by atoms with Crippen LogP contribution in [-0.4, -0.2) is 34.4 Å². The molecule has 1 aromatic heterocycles. The van der Waals surface area contributed by atoms with Gasteiger partial charge in [-0.25, -0.2) is 4.39 Å². The first-order valence-corrected chi connectivity index (χ1v) is 10.3. The van der Waals surface area contributed by atoms with Gasteiger partial charge in [0.05, 0.1) is 31.0 Å². The number of phenolic OH excluding ortho intramolecular Hbond substituents is 1. The highest BCUT2D eigenvalue weighted by Crippen LogP contribution is 2.34. The lowest BCUT2D eigenvalue weighted by atomic mass is 10.2. The van der Waals surface area contributed by atoms with Crippen LogP contribution in [0.15, 0.2) is 80.4 Å². The Morgan fingerprint density at radius 3 is 2.81 bits per heavy atom. The van der Waals surface area contributed by atoms with Gasteiger partial charge in [-0.05, 0) is 59.8 Å². The fraction of sp³-hybridized carbons (Fsp3) is 0.0870. The molecule has 2 aromatic carbocycles. The summed E-state index contributed by atoms with van der Waals surface area (Å²) in [6, 6.07) is 14.4. The van der Waals surface area contributed by atoms with Crippen LogP contribution in [0.2, 0.25) is 0 Å². The maximum Gasteiger partial charge on any atom is 0.267 e. The predicted octanol–water partition coefficient (Wildman–Crippen LogP) is 4.64. The van der Waals surface area contributed by atoms with E-state index in [0.717, 1.165) is 11.8 Å². The number of carbonyl (C=O) groups excluding carboxylic acids is 1. The van der Waals surface area contributed by atoms with Crippen molar-refractivity contribution in [1.29, 1.82) is 0 Å². The summed E-state index contributed by atoms with van der Waals surface area (Å²) in [7, 11) is 1.45. The average molecular weight is 451 g/mol. The predicted molar refractivity (Wildman–Crippen MR) is 121 cm³/mol. The van der Waals surface area contributed by atoms with E-state index in [1.165, 1.54) is 42.7 Å². The Morgan fingerprint density at radius 2 is 2.06 bits per heavy atom. The van der Waals surface area contributed by atoms with Gasteiger partial charge in [-0.1, -0.05) is 18.2 Å². The first-order chi connectivity index (χ1) is 15.5. The van der Waals surface area contributed by atoms with Crippen LogP contribution in [-0.2, 0) is 11.3 Å². The van der Waals surface area contributed by atoms with Crippen LogP contribution < -0.4 is 4.74 Å². The molecule has 0 aliphatic carbocycles.